The molecular formula is C3H10N2O2S. The molecule has 0 saturated heterocycles. The Kier molecular flexibility index (Phi) is 2.01. The summed E-state index contributed by atoms with van der Waals surface area (Å²) < 4.78 is 47.4. The molecule has 4 N–H and O–H groups in total. The predicted molar refractivity (Wildman–Crippen MR) is 33.8 cm³/mol. The van der Waals surface area contributed by atoms with Gasteiger partial charge in [-0.05, 0) is 0 Å². The molecule has 50 valence electrons. The molecule has 0 aromatic heterocycles. The second-order valence-corrected chi connectivity index (χ2v) is 1.78. The lowest BCUT2D eigenvalue weighted by molar-refractivity contribution is 0.256. The van der Waals surface area contributed by atoms with Gasteiger partial charge in [-0.3, -0.25) is 0 Å². The highest BCUT2D eigenvalue weighted by molar-refractivity contribution is 7.89. The van der Waals surface area contributed by atoms with E-state index in [0.29, 0.717) is 0 Å². The van der Waals surface area contributed by atoms with Crippen molar-refractivity contribution >= 4 is 17.2 Å². The van der Waals surface area contributed by atoms with E-state index in [1.807, 2.05) is 0 Å². The van der Waals surface area contributed by atoms with Crippen molar-refractivity contribution in [3.63, 3.8) is 0 Å². The zero-order chi connectivity index (χ0) is 11.9. The first-order valence-corrected chi connectivity index (χ1v) is 3.08. The Morgan fingerprint density at radius 1 is 2.00 bits per heavy atom. The van der Waals surface area contributed by atoms with Crippen molar-refractivity contribution in [2.45, 2.75) is 0 Å². The lowest BCUT2D eigenvalue weighted by Gasteiger charge is -1.87. The number of amides is 2. The molecule has 0 aliphatic heterocycles. The number of urea groups is 1. The zero-order valence-electron chi connectivity index (χ0n) is 10.2. The first kappa shape index (κ1) is 2.45. The summed E-state index contributed by atoms with van der Waals surface area (Å²) in [7, 11) is 0. The Morgan fingerprint density at radius 3 is 2.38 bits per heavy atom. The third-order valence-electron chi connectivity index (χ3n) is 0. The molecule has 0 rings (SSSR count). The molecule has 0 aromatic carbocycles. The van der Waals surface area contributed by atoms with E-state index in [2.05, 4.69) is 0 Å². The maximum absolute atomic E-state index is 9.94. The van der Waals surface area contributed by atoms with Gasteiger partial charge in [-0.15, -0.1) is 0 Å². The molecule has 8 heavy (non-hydrogen) atoms. The van der Waals surface area contributed by atoms with Crippen LogP contribution in [0.25, 0.3) is 0 Å². The summed E-state index contributed by atoms with van der Waals surface area (Å²) in [6.07, 6.45) is 0.162. The monoisotopic (exact) mass is 144 g/mol. The number of primary amides is 2. The minimum absolute atomic E-state index is 0.347. The maximum atomic E-state index is 9.94. The van der Waals surface area contributed by atoms with Crippen molar-refractivity contribution in [1.82, 2.24) is 0 Å². The van der Waals surface area contributed by atoms with Gasteiger partial charge in [0.2, 0.25) is 0 Å². The molecule has 1 unspecified atom stereocenters. The molecule has 0 bridgehead atoms. The Balaban J connectivity index is 0. The van der Waals surface area contributed by atoms with Gasteiger partial charge in [-0.25, -0.2) is 4.79 Å². The van der Waals surface area contributed by atoms with E-state index in [-0.39, 0.29) is 11.4 Å². The molecule has 2 amide bonds. The van der Waals surface area contributed by atoms with Crippen LogP contribution in [-0.2, 0) is 11.2 Å². The van der Waals surface area contributed by atoms with Crippen molar-refractivity contribution in [2.75, 3.05) is 12.5 Å². The molecule has 0 spiro atoms. The van der Waals surface area contributed by atoms with Gasteiger partial charge < -0.3 is 16.0 Å². The smallest absolute Gasteiger partial charge is 0.309 e. The molecule has 0 radical (unpaired) electrons. The van der Waals surface area contributed by atoms with Crippen molar-refractivity contribution < 1.29 is 17.7 Å². The van der Waals surface area contributed by atoms with Crippen LogP contribution in [-0.4, -0.2) is 23.0 Å². The number of rotatable bonds is 0. The lowest BCUT2D eigenvalue weighted by atomic mass is 11.2. The molecule has 5 heteroatoms. The highest BCUT2D eigenvalue weighted by Gasteiger charge is 1.66. The fourth-order valence-corrected chi connectivity index (χ4v) is 0. The zero-order valence-corrected chi connectivity index (χ0v) is 5.01. The average molecular weight is 144 g/mol. The summed E-state index contributed by atoms with van der Waals surface area (Å²) in [5, 5.41) is 0. The van der Waals surface area contributed by atoms with Crippen LogP contribution in [0.5, 0.6) is 0 Å². The fraction of sp³-hybridized carbons (Fsp3) is 0.667. The average Bonchev–Trinajstić information content (AvgIpc) is 2.03. The van der Waals surface area contributed by atoms with Gasteiger partial charge in [-0.1, -0.05) is 11.2 Å². The van der Waals surface area contributed by atoms with E-state index in [1.54, 1.807) is 0 Å². The minimum Gasteiger partial charge on any atom is -0.617 e. The molecule has 0 saturated carbocycles. The van der Waals surface area contributed by atoms with Gasteiger partial charge >= 0.3 is 6.03 Å². The minimum atomic E-state index is -1.31. The number of nitrogens with two attached hydrogens (primary N) is 2. The van der Waals surface area contributed by atoms with Crippen molar-refractivity contribution in [3.05, 3.63) is 0 Å². The molecule has 0 fully saturated rings. The molecular weight excluding hydrogens is 128 g/mol. The number of carbonyl (C=O) groups excluding carboxylic acids is 1. The van der Waals surface area contributed by atoms with Gasteiger partial charge in [0.25, 0.3) is 0 Å². The predicted octanol–water partition coefficient (Wildman–Crippen LogP) is -0.981. The Bertz CT molecular complexity index is 151. The summed E-state index contributed by atoms with van der Waals surface area (Å²) in [5.41, 5.74) is -0.694. The second kappa shape index (κ2) is 6.58. The molecule has 4 nitrogen and oxygen atoms in total. The van der Waals surface area contributed by atoms with Crippen LogP contribution in [0.4, 0.5) is 4.79 Å². The van der Waals surface area contributed by atoms with E-state index in [1.165, 1.54) is 6.26 Å². The quantitative estimate of drug-likeness (QED) is 0.428. The van der Waals surface area contributed by atoms with Crippen LogP contribution in [0.15, 0.2) is 0 Å². The summed E-state index contributed by atoms with van der Waals surface area (Å²) in [4.78, 5) is 9.94. The number of carbonyl (C=O) groups is 1. The van der Waals surface area contributed by atoms with E-state index in [4.69, 9.17) is 8.39 Å². The van der Waals surface area contributed by atoms with Gasteiger partial charge in [-0.2, -0.15) is 0 Å². The highest BCUT2D eigenvalue weighted by Crippen LogP contribution is 1.61. The Hall–Kier alpha value is -0.420. The Labute approximate surface area is 60.1 Å². The van der Waals surface area contributed by atoms with Gasteiger partial charge in [0.15, 0.2) is 5.65 Å². The second-order valence-electron chi connectivity index (χ2n) is 0.781. The highest BCUT2D eigenvalue weighted by atomic mass is 32.2. The van der Waals surface area contributed by atoms with Crippen LogP contribution >= 0.6 is 0 Å². The van der Waals surface area contributed by atoms with Crippen LogP contribution in [0.1, 0.15) is 2.74 Å². The summed E-state index contributed by atoms with van der Waals surface area (Å²) in [5.74, 6) is 0. The third kappa shape index (κ3) is 664. The molecule has 0 heterocycles. The first-order valence-electron chi connectivity index (χ1n) is 4.41. The molecule has 0 aliphatic rings. The van der Waals surface area contributed by atoms with E-state index in [9.17, 15) is 9.35 Å². The van der Waals surface area contributed by atoms with Crippen LogP contribution < -0.4 is 11.4 Å². The maximum Gasteiger partial charge on any atom is 0.309 e. The van der Waals surface area contributed by atoms with E-state index >= 15 is 0 Å². The summed E-state index contributed by atoms with van der Waals surface area (Å²) >= 11 is -1.28. The van der Waals surface area contributed by atoms with E-state index < -0.39 is 23.4 Å². The normalized spacial score (nSPS) is 20.9. The van der Waals surface area contributed by atoms with Crippen LogP contribution in [0.3, 0.4) is 0 Å². The Morgan fingerprint density at radius 2 is 2.38 bits per heavy atom. The van der Waals surface area contributed by atoms with Crippen LogP contribution in [0, 0.1) is 0 Å². The van der Waals surface area contributed by atoms with Gasteiger partial charge in [0, 0.05) is 0 Å². The molecule has 0 aromatic rings. The lowest BCUT2D eigenvalue weighted by Crippen LogP contribution is -2.18. The first-order chi connectivity index (χ1) is 6.20. The van der Waals surface area contributed by atoms with Gasteiger partial charge in [0.05, 0.1) is 15.2 Å². The fourth-order valence-electron chi connectivity index (χ4n) is 0. The summed E-state index contributed by atoms with van der Waals surface area (Å²) in [6.45, 7) is 0. The molecule has 1 atom stereocenters. The van der Waals surface area contributed by atoms with Crippen molar-refractivity contribution in [3.8, 4) is 0 Å². The van der Waals surface area contributed by atoms with E-state index in [0.717, 1.165) is 0 Å². The standard InChI is InChI=1S/C2H6OS.CH4N2O/c1-4(2)3;2-1(3)4/h1-2H3;(H4,2,3,4)/i1D2;/hD4. The van der Waals surface area contributed by atoms with Gasteiger partial charge in [0.1, 0.15) is 0 Å². The van der Waals surface area contributed by atoms with Crippen molar-refractivity contribution in [2.24, 2.45) is 11.4 Å². The molecule has 0 aliphatic carbocycles. The topological polar surface area (TPSA) is 92.2 Å². The van der Waals surface area contributed by atoms with Crippen molar-refractivity contribution in [1.29, 1.82) is 0 Å². The largest absolute Gasteiger partial charge is 0.617 e. The third-order valence-corrected chi connectivity index (χ3v) is 0. The number of hydrogen-bond donors (Lipinski definition) is 2. The number of hydrogen-bond acceptors (Lipinski definition) is 2. The summed E-state index contributed by atoms with van der Waals surface area (Å²) in [6, 6.07) is -1.31. The van der Waals surface area contributed by atoms with Crippen LogP contribution in [0.2, 0.25) is 5.65 Å². The SMILES string of the molecule is [2H]C([2H])[S+](C)[O-].[2H]N([2H])C(=O)N([2H])[2H].